The summed E-state index contributed by atoms with van der Waals surface area (Å²) in [5, 5.41) is 4.21. The summed E-state index contributed by atoms with van der Waals surface area (Å²) in [6, 6.07) is 8.42. The number of hydrogen-bond acceptors (Lipinski definition) is 3. The van der Waals surface area contributed by atoms with E-state index >= 15 is 0 Å². The van der Waals surface area contributed by atoms with Crippen molar-refractivity contribution >= 4 is 28.6 Å². The second kappa shape index (κ2) is 5.85. The molecule has 2 aromatic rings. The monoisotopic (exact) mass is 295 g/mol. The van der Waals surface area contributed by atoms with Crippen LogP contribution in [0.15, 0.2) is 24.3 Å². The van der Waals surface area contributed by atoms with Gasteiger partial charge in [-0.2, -0.15) is 0 Å². The SMILES string of the molecule is COc1cc(Cl)c(C)cc1NC(C)c1ccc(C)s1. The minimum atomic E-state index is 0.244. The summed E-state index contributed by atoms with van der Waals surface area (Å²) in [5.74, 6) is 0.774. The summed E-state index contributed by atoms with van der Waals surface area (Å²) in [4.78, 5) is 2.63. The zero-order valence-electron chi connectivity index (χ0n) is 11.6. The third-order valence-corrected chi connectivity index (χ3v) is 4.63. The number of halogens is 1. The molecule has 0 radical (unpaired) electrons. The molecule has 1 heterocycles. The van der Waals surface area contributed by atoms with Crippen molar-refractivity contribution in [1.29, 1.82) is 0 Å². The highest BCUT2D eigenvalue weighted by molar-refractivity contribution is 7.12. The van der Waals surface area contributed by atoms with Crippen molar-refractivity contribution in [2.45, 2.75) is 26.8 Å². The van der Waals surface area contributed by atoms with Crippen molar-refractivity contribution in [3.8, 4) is 5.75 Å². The Hall–Kier alpha value is -1.19. The summed E-state index contributed by atoms with van der Waals surface area (Å²) in [6.45, 7) is 6.26. The van der Waals surface area contributed by atoms with Gasteiger partial charge in [-0.15, -0.1) is 11.3 Å². The molecule has 1 N–H and O–H groups in total. The molecule has 102 valence electrons. The first kappa shape index (κ1) is 14.2. The molecular weight excluding hydrogens is 278 g/mol. The van der Waals surface area contributed by atoms with Crippen LogP contribution in [0, 0.1) is 13.8 Å². The summed E-state index contributed by atoms with van der Waals surface area (Å²) in [5.41, 5.74) is 2.02. The molecule has 0 spiro atoms. The molecule has 1 aromatic heterocycles. The van der Waals surface area contributed by atoms with Gasteiger partial charge in [0, 0.05) is 20.8 Å². The minimum absolute atomic E-state index is 0.244. The van der Waals surface area contributed by atoms with E-state index in [0.717, 1.165) is 22.0 Å². The van der Waals surface area contributed by atoms with Crippen molar-refractivity contribution in [3.05, 3.63) is 44.6 Å². The Morgan fingerprint density at radius 1 is 1.26 bits per heavy atom. The van der Waals surface area contributed by atoms with Crippen LogP contribution in [0.5, 0.6) is 5.75 Å². The lowest BCUT2D eigenvalue weighted by molar-refractivity contribution is 0.416. The number of thiophene rings is 1. The number of rotatable bonds is 4. The normalized spacial score (nSPS) is 12.3. The molecule has 0 bridgehead atoms. The van der Waals surface area contributed by atoms with Crippen molar-refractivity contribution in [2.75, 3.05) is 12.4 Å². The van der Waals surface area contributed by atoms with Gasteiger partial charge in [-0.25, -0.2) is 0 Å². The first-order valence-corrected chi connectivity index (χ1v) is 7.37. The van der Waals surface area contributed by atoms with Gasteiger partial charge in [-0.1, -0.05) is 11.6 Å². The number of aryl methyl sites for hydroxylation is 2. The topological polar surface area (TPSA) is 21.3 Å². The van der Waals surface area contributed by atoms with Crippen LogP contribution >= 0.6 is 22.9 Å². The van der Waals surface area contributed by atoms with Crippen molar-refractivity contribution < 1.29 is 4.74 Å². The largest absolute Gasteiger partial charge is 0.495 e. The number of anilines is 1. The fourth-order valence-electron chi connectivity index (χ4n) is 1.94. The molecule has 19 heavy (non-hydrogen) atoms. The van der Waals surface area contributed by atoms with E-state index in [4.69, 9.17) is 16.3 Å². The number of hydrogen-bond donors (Lipinski definition) is 1. The Labute approximate surface area is 123 Å². The van der Waals surface area contributed by atoms with E-state index in [-0.39, 0.29) is 6.04 Å². The van der Waals surface area contributed by atoms with E-state index in [9.17, 15) is 0 Å². The van der Waals surface area contributed by atoms with Crippen LogP contribution in [-0.4, -0.2) is 7.11 Å². The van der Waals surface area contributed by atoms with Gasteiger partial charge in [0.15, 0.2) is 0 Å². The maximum atomic E-state index is 6.12. The molecule has 0 aliphatic carbocycles. The minimum Gasteiger partial charge on any atom is -0.495 e. The lowest BCUT2D eigenvalue weighted by Crippen LogP contribution is -2.06. The first-order valence-electron chi connectivity index (χ1n) is 6.18. The molecular formula is C15H18ClNOS. The highest BCUT2D eigenvalue weighted by Gasteiger charge is 2.12. The number of benzene rings is 1. The maximum absolute atomic E-state index is 6.12. The van der Waals surface area contributed by atoms with Crippen LogP contribution in [0.3, 0.4) is 0 Å². The second-order valence-electron chi connectivity index (χ2n) is 4.62. The zero-order valence-corrected chi connectivity index (χ0v) is 13.2. The third kappa shape index (κ3) is 3.23. The summed E-state index contributed by atoms with van der Waals surface area (Å²) in [7, 11) is 1.66. The summed E-state index contributed by atoms with van der Waals surface area (Å²) < 4.78 is 5.38. The van der Waals surface area contributed by atoms with E-state index in [1.54, 1.807) is 18.4 Å². The molecule has 0 amide bonds. The Bertz CT molecular complexity index is 580. The van der Waals surface area contributed by atoms with Crippen LogP contribution in [0.4, 0.5) is 5.69 Å². The Kier molecular flexibility index (Phi) is 4.38. The molecule has 1 unspecified atom stereocenters. The predicted octanol–water partition coefficient (Wildman–Crippen LogP) is 5.20. The van der Waals surface area contributed by atoms with Crippen molar-refractivity contribution in [2.24, 2.45) is 0 Å². The molecule has 1 atom stereocenters. The molecule has 1 aromatic carbocycles. The Balaban J connectivity index is 2.25. The van der Waals surface area contributed by atoms with Gasteiger partial charge >= 0.3 is 0 Å². The smallest absolute Gasteiger partial charge is 0.143 e. The van der Waals surface area contributed by atoms with E-state index in [1.165, 1.54) is 9.75 Å². The van der Waals surface area contributed by atoms with E-state index < -0.39 is 0 Å². The van der Waals surface area contributed by atoms with Gasteiger partial charge in [0.1, 0.15) is 5.75 Å². The standard InChI is InChI=1S/C15H18ClNOS/c1-9-7-13(14(18-4)8-12(9)16)17-11(3)15-6-5-10(2)19-15/h5-8,11,17H,1-4H3. The van der Waals surface area contributed by atoms with Gasteiger partial charge in [-0.3, -0.25) is 0 Å². The Morgan fingerprint density at radius 2 is 2.00 bits per heavy atom. The lowest BCUT2D eigenvalue weighted by Gasteiger charge is -2.17. The summed E-state index contributed by atoms with van der Waals surface area (Å²) in [6.07, 6.45) is 0. The molecule has 0 saturated carbocycles. The van der Waals surface area contributed by atoms with E-state index in [2.05, 4.69) is 31.3 Å². The highest BCUT2D eigenvalue weighted by Crippen LogP contribution is 2.34. The average Bonchev–Trinajstić information content (AvgIpc) is 2.80. The summed E-state index contributed by atoms with van der Waals surface area (Å²) >= 11 is 7.92. The number of nitrogens with one attached hydrogen (secondary N) is 1. The van der Waals surface area contributed by atoms with Crippen LogP contribution in [0.25, 0.3) is 0 Å². The van der Waals surface area contributed by atoms with Crippen LogP contribution < -0.4 is 10.1 Å². The van der Waals surface area contributed by atoms with Crippen LogP contribution in [-0.2, 0) is 0 Å². The molecule has 0 fully saturated rings. The average molecular weight is 296 g/mol. The van der Waals surface area contributed by atoms with E-state index in [0.29, 0.717) is 0 Å². The number of ether oxygens (including phenoxy) is 1. The molecule has 4 heteroatoms. The lowest BCUT2D eigenvalue weighted by atomic mass is 10.1. The van der Waals surface area contributed by atoms with Crippen molar-refractivity contribution in [3.63, 3.8) is 0 Å². The third-order valence-electron chi connectivity index (χ3n) is 3.04. The predicted molar refractivity (Wildman–Crippen MR) is 83.8 cm³/mol. The zero-order chi connectivity index (χ0) is 14.0. The Morgan fingerprint density at radius 3 is 2.58 bits per heavy atom. The fraction of sp³-hybridized carbons (Fsp3) is 0.333. The van der Waals surface area contributed by atoms with Gasteiger partial charge in [-0.05, 0) is 44.5 Å². The van der Waals surface area contributed by atoms with Crippen LogP contribution in [0.1, 0.15) is 28.3 Å². The van der Waals surface area contributed by atoms with Crippen LogP contribution in [0.2, 0.25) is 5.02 Å². The first-order chi connectivity index (χ1) is 9.01. The fourth-order valence-corrected chi connectivity index (χ4v) is 2.97. The van der Waals surface area contributed by atoms with Gasteiger partial charge in [0.25, 0.3) is 0 Å². The van der Waals surface area contributed by atoms with Crippen molar-refractivity contribution in [1.82, 2.24) is 0 Å². The molecule has 0 aliphatic rings. The second-order valence-corrected chi connectivity index (χ2v) is 6.34. The molecule has 0 saturated heterocycles. The van der Waals surface area contributed by atoms with Gasteiger partial charge < -0.3 is 10.1 Å². The molecule has 2 nitrogen and oxygen atoms in total. The number of methoxy groups -OCH3 is 1. The van der Waals surface area contributed by atoms with Gasteiger partial charge in [0.2, 0.25) is 0 Å². The maximum Gasteiger partial charge on any atom is 0.143 e. The molecule has 2 rings (SSSR count). The molecule has 0 aliphatic heterocycles. The quantitative estimate of drug-likeness (QED) is 0.837. The van der Waals surface area contributed by atoms with E-state index in [1.807, 2.05) is 19.1 Å². The van der Waals surface area contributed by atoms with Gasteiger partial charge in [0.05, 0.1) is 18.8 Å². The highest BCUT2D eigenvalue weighted by atomic mass is 35.5.